The molecule has 9 heteroatoms. The van der Waals surface area contributed by atoms with E-state index in [1.807, 2.05) is 5.32 Å². The van der Waals surface area contributed by atoms with Gasteiger partial charge in [-0.05, 0) is 18.2 Å². The second-order valence-corrected chi connectivity index (χ2v) is 4.86. The summed E-state index contributed by atoms with van der Waals surface area (Å²) in [7, 11) is 3.58. The molecule has 0 aromatic heterocycles. The van der Waals surface area contributed by atoms with Crippen molar-refractivity contribution < 1.29 is 23.1 Å². The average Bonchev–Trinajstić information content (AvgIpc) is 2.34. The number of benzene rings is 1. The molecule has 5 nitrogen and oxygen atoms in total. The van der Waals surface area contributed by atoms with Crippen molar-refractivity contribution in [2.45, 2.75) is 12.3 Å². The maximum atomic E-state index is 12.1. The van der Waals surface area contributed by atoms with Crippen LogP contribution in [0.15, 0.2) is 18.2 Å². The summed E-state index contributed by atoms with van der Waals surface area (Å²) in [6, 6.07) is 3.81. The maximum Gasteiger partial charge on any atom is 0.416 e. The molecule has 3 N–H and O–H groups in total. The van der Waals surface area contributed by atoms with Crippen molar-refractivity contribution in [2.24, 2.45) is 0 Å². The van der Waals surface area contributed by atoms with E-state index in [0.29, 0.717) is 10.7 Å². The first-order valence-electron chi connectivity index (χ1n) is 5.87. The van der Waals surface area contributed by atoms with Crippen LogP contribution in [0.4, 0.5) is 29.3 Å². The van der Waals surface area contributed by atoms with Crippen molar-refractivity contribution in [3.05, 3.63) is 23.2 Å². The zero-order chi connectivity index (χ0) is 16.2. The van der Waals surface area contributed by atoms with Crippen molar-refractivity contribution in [3.63, 3.8) is 0 Å². The predicted octanol–water partition coefficient (Wildman–Crippen LogP) is 2.45. The van der Waals surface area contributed by atoms with Crippen LogP contribution in [0.3, 0.4) is 0 Å². The molecule has 118 valence electrons. The van der Waals surface area contributed by atoms with E-state index in [9.17, 15) is 18.0 Å². The Bertz CT molecular complexity index is 509. The Balaban J connectivity index is 2.58. The van der Waals surface area contributed by atoms with Gasteiger partial charge in [-0.25, -0.2) is 4.79 Å². The lowest BCUT2D eigenvalue weighted by atomic mass is 10.2. The van der Waals surface area contributed by atoms with E-state index in [1.165, 1.54) is 6.07 Å². The van der Waals surface area contributed by atoms with Gasteiger partial charge in [-0.1, -0.05) is 11.6 Å². The highest BCUT2D eigenvalue weighted by Crippen LogP contribution is 2.27. The van der Waals surface area contributed by atoms with Crippen molar-refractivity contribution >= 4 is 29.0 Å². The molecule has 2 amide bonds. The number of nitrogens with one attached hydrogen (secondary N) is 2. The van der Waals surface area contributed by atoms with Crippen LogP contribution in [0.2, 0.25) is 5.02 Å². The van der Waals surface area contributed by atoms with Crippen LogP contribution in [-0.4, -0.2) is 44.1 Å². The largest absolute Gasteiger partial charge is 0.416 e. The number of carbonyl (C=O) groups is 1. The van der Waals surface area contributed by atoms with Gasteiger partial charge in [0.2, 0.25) is 0 Å². The molecule has 0 heterocycles. The highest BCUT2D eigenvalue weighted by Gasteiger charge is 2.38. The molecule has 0 aliphatic carbocycles. The van der Waals surface area contributed by atoms with Gasteiger partial charge >= 0.3 is 12.2 Å². The summed E-state index contributed by atoms with van der Waals surface area (Å²) in [5.41, 5.74) is 1.06. The Morgan fingerprint density at radius 1 is 1.43 bits per heavy atom. The smallest absolute Gasteiger partial charge is 0.382 e. The molecule has 0 spiro atoms. The number of halogens is 4. The number of nitrogens with zero attached hydrogens (tertiary/aromatic N) is 1. The fraction of sp³-hybridized carbons (Fsp3) is 0.417. The highest BCUT2D eigenvalue weighted by atomic mass is 35.5. The molecule has 1 atom stereocenters. The Hall–Kier alpha value is -1.67. The summed E-state index contributed by atoms with van der Waals surface area (Å²) in [5.74, 6) is 0. The Labute approximate surface area is 124 Å². The quantitative estimate of drug-likeness (QED) is 0.796. The molecule has 21 heavy (non-hydrogen) atoms. The van der Waals surface area contributed by atoms with Gasteiger partial charge in [0, 0.05) is 19.8 Å². The van der Waals surface area contributed by atoms with E-state index in [0.717, 1.165) is 5.69 Å². The van der Waals surface area contributed by atoms with Gasteiger partial charge in [0.15, 0.2) is 6.10 Å². The molecular formula is C12H15ClF3N3O2. The van der Waals surface area contributed by atoms with Crippen LogP contribution in [0.25, 0.3) is 0 Å². The molecule has 1 rings (SSSR count). The van der Waals surface area contributed by atoms with Crippen molar-refractivity contribution in [2.75, 3.05) is 30.9 Å². The third-order valence-corrected chi connectivity index (χ3v) is 2.82. The minimum absolute atomic E-state index is 0.324. The monoisotopic (exact) mass is 325 g/mol. The Morgan fingerprint density at radius 2 is 2.05 bits per heavy atom. The number of urea groups is 1. The lowest BCUT2D eigenvalue weighted by molar-refractivity contribution is -0.201. The highest BCUT2D eigenvalue weighted by molar-refractivity contribution is 6.33. The number of aliphatic hydroxyl groups is 1. The summed E-state index contributed by atoms with van der Waals surface area (Å²) in [4.78, 5) is 13.2. The summed E-state index contributed by atoms with van der Waals surface area (Å²) >= 11 is 5.99. The third kappa shape index (κ3) is 5.31. The number of hydrogen-bond donors (Lipinski definition) is 3. The van der Waals surface area contributed by atoms with Crippen LogP contribution in [0, 0.1) is 0 Å². The molecule has 0 saturated heterocycles. The van der Waals surface area contributed by atoms with Gasteiger partial charge in [-0.2, -0.15) is 13.2 Å². The zero-order valence-electron chi connectivity index (χ0n) is 11.3. The van der Waals surface area contributed by atoms with E-state index in [-0.39, 0.29) is 0 Å². The molecule has 0 aliphatic heterocycles. The summed E-state index contributed by atoms with van der Waals surface area (Å²) in [6.07, 6.45) is -7.38. The van der Waals surface area contributed by atoms with Crippen LogP contribution in [0.1, 0.15) is 0 Å². The van der Waals surface area contributed by atoms with Gasteiger partial charge in [0.25, 0.3) is 0 Å². The topological polar surface area (TPSA) is 64.6 Å². The summed E-state index contributed by atoms with van der Waals surface area (Å²) < 4.78 is 36.2. The fourth-order valence-electron chi connectivity index (χ4n) is 1.43. The molecule has 1 aromatic carbocycles. The predicted molar refractivity (Wildman–Crippen MR) is 74.9 cm³/mol. The van der Waals surface area contributed by atoms with Crippen LogP contribution < -0.4 is 15.5 Å². The van der Waals surface area contributed by atoms with Gasteiger partial charge in [-0.3, -0.25) is 0 Å². The SMILES string of the molecule is CN(C)c1ccc(NC(=O)NC[C@H](O)C(F)(F)F)cc1Cl. The minimum Gasteiger partial charge on any atom is -0.382 e. The number of aliphatic hydroxyl groups excluding tert-OH is 1. The second-order valence-electron chi connectivity index (χ2n) is 4.45. The molecule has 0 bridgehead atoms. The first-order valence-corrected chi connectivity index (χ1v) is 6.25. The van der Waals surface area contributed by atoms with E-state index in [1.54, 1.807) is 31.1 Å². The average molecular weight is 326 g/mol. The van der Waals surface area contributed by atoms with Crippen molar-refractivity contribution in [1.29, 1.82) is 0 Å². The number of amides is 2. The summed E-state index contributed by atoms with van der Waals surface area (Å²) in [6.45, 7) is -0.932. The van der Waals surface area contributed by atoms with Gasteiger partial charge in [-0.15, -0.1) is 0 Å². The Kier molecular flexibility index (Phi) is 5.68. The molecule has 1 aromatic rings. The van der Waals surface area contributed by atoms with Crippen LogP contribution in [0.5, 0.6) is 0 Å². The standard InChI is InChI=1S/C12H15ClF3N3O2/c1-19(2)9-4-3-7(5-8(9)13)18-11(21)17-6-10(20)12(14,15)16/h3-5,10,20H,6H2,1-2H3,(H2,17,18,21)/t10-/m0/s1. The van der Waals surface area contributed by atoms with E-state index in [2.05, 4.69) is 5.32 Å². The van der Waals surface area contributed by atoms with Crippen molar-refractivity contribution in [1.82, 2.24) is 5.32 Å². The number of anilines is 2. The number of rotatable bonds is 4. The molecule has 0 radical (unpaired) electrons. The van der Waals surface area contributed by atoms with Crippen LogP contribution in [-0.2, 0) is 0 Å². The number of alkyl halides is 3. The molecule has 0 saturated carbocycles. The molecule has 0 fully saturated rings. The van der Waals surface area contributed by atoms with Crippen molar-refractivity contribution in [3.8, 4) is 0 Å². The maximum absolute atomic E-state index is 12.1. The van der Waals surface area contributed by atoms with E-state index in [4.69, 9.17) is 16.7 Å². The van der Waals surface area contributed by atoms with E-state index < -0.39 is 24.9 Å². The minimum atomic E-state index is -4.77. The number of hydrogen-bond acceptors (Lipinski definition) is 3. The van der Waals surface area contributed by atoms with Gasteiger partial charge in [0.05, 0.1) is 17.3 Å². The zero-order valence-corrected chi connectivity index (χ0v) is 12.1. The Morgan fingerprint density at radius 3 is 2.52 bits per heavy atom. The van der Waals surface area contributed by atoms with Gasteiger partial charge < -0.3 is 20.6 Å². The van der Waals surface area contributed by atoms with Crippen LogP contribution >= 0.6 is 11.6 Å². The third-order valence-electron chi connectivity index (χ3n) is 2.52. The van der Waals surface area contributed by atoms with Gasteiger partial charge in [0.1, 0.15) is 0 Å². The van der Waals surface area contributed by atoms with E-state index >= 15 is 0 Å². The molecular weight excluding hydrogens is 311 g/mol. The molecule has 0 unspecified atom stereocenters. The lowest BCUT2D eigenvalue weighted by Gasteiger charge is -2.17. The molecule has 0 aliphatic rings. The first-order chi connectivity index (χ1) is 9.61. The fourth-order valence-corrected chi connectivity index (χ4v) is 1.78. The summed E-state index contributed by atoms with van der Waals surface area (Å²) in [5, 5.41) is 13.4. The normalized spacial score (nSPS) is 12.7. The lowest BCUT2D eigenvalue weighted by Crippen LogP contribution is -2.42. The number of carbonyl (C=O) groups excluding carboxylic acids is 1. The first kappa shape index (κ1) is 17.4. The second kappa shape index (κ2) is 6.86.